The minimum absolute atomic E-state index is 0.0469. The molecular weight excluding hydrogens is 208 g/mol. The summed E-state index contributed by atoms with van der Waals surface area (Å²) < 4.78 is 0. The highest BCUT2D eigenvalue weighted by Gasteiger charge is 2.19. The minimum Gasteiger partial charge on any atom is -0.409 e. The number of likely N-dealkylation sites (N-methyl/N-ethyl adjacent to an activating group) is 1. The predicted molar refractivity (Wildman–Crippen MR) is 61.5 cm³/mol. The molecule has 0 aromatic rings. The maximum Gasteiger partial charge on any atom is 0.320 e. The van der Waals surface area contributed by atoms with E-state index < -0.39 is 0 Å². The van der Waals surface area contributed by atoms with Crippen LogP contribution in [0.1, 0.15) is 25.7 Å². The Hall–Kier alpha value is -1.46. The van der Waals surface area contributed by atoms with E-state index in [2.05, 4.69) is 5.16 Å². The van der Waals surface area contributed by atoms with Crippen LogP contribution in [0.2, 0.25) is 0 Å². The summed E-state index contributed by atoms with van der Waals surface area (Å²) in [7, 11) is 1.66. The first-order valence-corrected chi connectivity index (χ1v) is 5.61. The lowest BCUT2D eigenvalue weighted by molar-refractivity contribution is 0.169. The van der Waals surface area contributed by atoms with E-state index in [1.54, 1.807) is 7.05 Å². The molecule has 0 aromatic carbocycles. The fraction of sp³-hybridized carbons (Fsp3) is 0.800. The SMILES string of the molecule is CN(CC(N)=NO)C(=O)N1CCCCCC1. The average molecular weight is 228 g/mol. The number of amides is 2. The van der Waals surface area contributed by atoms with Crippen molar-refractivity contribution in [3.63, 3.8) is 0 Å². The van der Waals surface area contributed by atoms with Crippen LogP contribution >= 0.6 is 0 Å². The molecule has 0 unspecified atom stereocenters. The summed E-state index contributed by atoms with van der Waals surface area (Å²) in [6.45, 7) is 1.77. The quantitative estimate of drug-likeness (QED) is 0.315. The van der Waals surface area contributed by atoms with Crippen molar-refractivity contribution >= 4 is 11.9 Å². The summed E-state index contributed by atoms with van der Waals surface area (Å²) in [4.78, 5) is 15.3. The topological polar surface area (TPSA) is 82.2 Å². The molecule has 0 spiro atoms. The molecule has 1 saturated heterocycles. The molecule has 1 aliphatic heterocycles. The van der Waals surface area contributed by atoms with Gasteiger partial charge in [0.2, 0.25) is 0 Å². The molecule has 3 N–H and O–H groups in total. The fourth-order valence-corrected chi connectivity index (χ4v) is 1.85. The normalized spacial score (nSPS) is 18.1. The zero-order chi connectivity index (χ0) is 12.0. The molecule has 1 rings (SSSR count). The van der Waals surface area contributed by atoms with Crippen molar-refractivity contribution in [2.24, 2.45) is 10.9 Å². The van der Waals surface area contributed by atoms with E-state index in [4.69, 9.17) is 10.9 Å². The van der Waals surface area contributed by atoms with Crippen LogP contribution in [0.25, 0.3) is 0 Å². The smallest absolute Gasteiger partial charge is 0.320 e. The Kier molecular flexibility index (Phi) is 4.88. The number of oxime groups is 1. The maximum atomic E-state index is 12.0. The van der Waals surface area contributed by atoms with Crippen molar-refractivity contribution < 1.29 is 10.0 Å². The van der Waals surface area contributed by atoms with Crippen LogP contribution in [-0.2, 0) is 0 Å². The number of nitrogens with zero attached hydrogens (tertiary/aromatic N) is 3. The molecule has 1 aliphatic rings. The van der Waals surface area contributed by atoms with Crippen molar-refractivity contribution in [1.29, 1.82) is 0 Å². The Morgan fingerprint density at radius 2 is 1.94 bits per heavy atom. The number of likely N-dealkylation sites (tertiary alicyclic amines) is 1. The zero-order valence-electron chi connectivity index (χ0n) is 9.72. The van der Waals surface area contributed by atoms with Crippen molar-refractivity contribution in [2.45, 2.75) is 25.7 Å². The van der Waals surface area contributed by atoms with Gasteiger partial charge in [-0.2, -0.15) is 0 Å². The lowest BCUT2D eigenvalue weighted by atomic mass is 10.2. The van der Waals surface area contributed by atoms with Crippen LogP contribution in [0.4, 0.5) is 4.79 Å². The van der Waals surface area contributed by atoms with Crippen LogP contribution in [0, 0.1) is 0 Å². The van der Waals surface area contributed by atoms with Crippen LogP contribution in [0.3, 0.4) is 0 Å². The molecule has 2 amide bonds. The molecule has 1 heterocycles. The van der Waals surface area contributed by atoms with Crippen molar-refractivity contribution in [2.75, 3.05) is 26.7 Å². The first-order valence-electron chi connectivity index (χ1n) is 5.61. The van der Waals surface area contributed by atoms with Crippen molar-refractivity contribution in [3.8, 4) is 0 Å². The highest BCUT2D eigenvalue weighted by Crippen LogP contribution is 2.11. The third kappa shape index (κ3) is 3.60. The number of hydrogen-bond acceptors (Lipinski definition) is 3. The van der Waals surface area contributed by atoms with E-state index in [0.717, 1.165) is 25.9 Å². The molecule has 0 aliphatic carbocycles. The second kappa shape index (κ2) is 6.19. The molecule has 92 valence electrons. The standard InChI is InChI=1S/C10H20N4O2/c1-13(8-9(11)12-16)10(15)14-6-4-2-3-5-7-14/h16H,2-8H2,1H3,(H2,11,12). The molecule has 0 radical (unpaired) electrons. The fourth-order valence-electron chi connectivity index (χ4n) is 1.85. The Morgan fingerprint density at radius 3 is 2.44 bits per heavy atom. The number of urea groups is 1. The van der Waals surface area contributed by atoms with Crippen molar-refractivity contribution in [1.82, 2.24) is 9.80 Å². The van der Waals surface area contributed by atoms with Crippen LogP contribution < -0.4 is 5.73 Å². The lowest BCUT2D eigenvalue weighted by Gasteiger charge is -2.26. The molecule has 1 fully saturated rings. The summed E-state index contributed by atoms with van der Waals surface area (Å²) in [5.41, 5.74) is 5.36. The number of amidine groups is 1. The number of hydrogen-bond donors (Lipinski definition) is 2. The van der Waals surface area contributed by atoms with Gasteiger partial charge in [-0.1, -0.05) is 18.0 Å². The highest BCUT2D eigenvalue weighted by atomic mass is 16.4. The second-order valence-electron chi connectivity index (χ2n) is 4.13. The van der Waals surface area contributed by atoms with Crippen molar-refractivity contribution in [3.05, 3.63) is 0 Å². The van der Waals surface area contributed by atoms with E-state index in [1.165, 1.54) is 17.7 Å². The van der Waals surface area contributed by atoms with Gasteiger partial charge in [-0.25, -0.2) is 4.79 Å². The van der Waals surface area contributed by atoms with Gasteiger partial charge in [-0.05, 0) is 12.8 Å². The van der Waals surface area contributed by atoms with Gasteiger partial charge in [-0.3, -0.25) is 0 Å². The molecule has 0 bridgehead atoms. The lowest BCUT2D eigenvalue weighted by Crippen LogP contribution is -2.44. The Bertz CT molecular complexity index is 260. The largest absolute Gasteiger partial charge is 0.409 e. The van der Waals surface area contributed by atoms with Gasteiger partial charge in [0.15, 0.2) is 5.84 Å². The summed E-state index contributed by atoms with van der Waals surface area (Å²) in [6, 6.07) is -0.0477. The van der Waals surface area contributed by atoms with E-state index in [9.17, 15) is 4.79 Å². The van der Waals surface area contributed by atoms with Gasteiger partial charge in [0.05, 0.1) is 6.54 Å². The summed E-state index contributed by atoms with van der Waals surface area (Å²) in [5, 5.41) is 11.3. The van der Waals surface area contributed by atoms with Gasteiger partial charge in [0, 0.05) is 20.1 Å². The summed E-state index contributed by atoms with van der Waals surface area (Å²) in [5.74, 6) is 0.0469. The molecule has 0 saturated carbocycles. The van der Waals surface area contributed by atoms with Crippen LogP contribution in [0.5, 0.6) is 0 Å². The van der Waals surface area contributed by atoms with Gasteiger partial charge < -0.3 is 20.7 Å². The molecule has 0 atom stereocenters. The number of carbonyl (C=O) groups excluding carboxylic acids is 1. The molecular formula is C10H20N4O2. The van der Waals surface area contributed by atoms with E-state index in [-0.39, 0.29) is 18.4 Å². The van der Waals surface area contributed by atoms with Crippen LogP contribution in [-0.4, -0.2) is 53.6 Å². The number of carbonyl (C=O) groups is 1. The first-order chi connectivity index (χ1) is 7.65. The van der Waals surface area contributed by atoms with Gasteiger partial charge >= 0.3 is 6.03 Å². The van der Waals surface area contributed by atoms with E-state index in [1.807, 2.05) is 4.90 Å². The summed E-state index contributed by atoms with van der Waals surface area (Å²) >= 11 is 0. The second-order valence-corrected chi connectivity index (χ2v) is 4.13. The zero-order valence-corrected chi connectivity index (χ0v) is 9.72. The Labute approximate surface area is 95.7 Å². The molecule has 6 heteroatoms. The summed E-state index contributed by atoms with van der Waals surface area (Å²) in [6.07, 6.45) is 4.49. The number of nitrogens with two attached hydrogens (primary N) is 1. The molecule has 0 aromatic heterocycles. The Balaban J connectivity index is 2.48. The first kappa shape index (κ1) is 12.6. The van der Waals surface area contributed by atoms with E-state index >= 15 is 0 Å². The Morgan fingerprint density at radius 1 is 1.38 bits per heavy atom. The third-order valence-electron chi connectivity index (χ3n) is 2.73. The maximum absolute atomic E-state index is 12.0. The van der Waals surface area contributed by atoms with Crippen LogP contribution in [0.15, 0.2) is 5.16 Å². The molecule has 6 nitrogen and oxygen atoms in total. The predicted octanol–water partition coefficient (Wildman–Crippen LogP) is 0.661. The third-order valence-corrected chi connectivity index (χ3v) is 2.73. The monoisotopic (exact) mass is 228 g/mol. The number of rotatable bonds is 2. The average Bonchev–Trinajstić information content (AvgIpc) is 2.56. The highest BCUT2D eigenvalue weighted by molar-refractivity contribution is 5.86. The minimum atomic E-state index is -0.0477. The van der Waals surface area contributed by atoms with Gasteiger partial charge in [-0.15, -0.1) is 0 Å². The van der Waals surface area contributed by atoms with E-state index in [0.29, 0.717) is 0 Å². The molecule has 16 heavy (non-hydrogen) atoms. The van der Waals surface area contributed by atoms with Gasteiger partial charge in [0.1, 0.15) is 0 Å². The van der Waals surface area contributed by atoms with Gasteiger partial charge in [0.25, 0.3) is 0 Å².